The SMILES string of the molecule is CC(CN)CC(=O)N(C)c1cccc2ccccc12. The molecule has 19 heavy (non-hydrogen) atoms. The van der Waals surface area contributed by atoms with Gasteiger partial charge in [-0.05, 0) is 23.9 Å². The lowest BCUT2D eigenvalue weighted by Crippen LogP contribution is -2.29. The van der Waals surface area contributed by atoms with Crippen LogP contribution in [0.1, 0.15) is 13.3 Å². The van der Waals surface area contributed by atoms with Crippen molar-refractivity contribution >= 4 is 22.4 Å². The summed E-state index contributed by atoms with van der Waals surface area (Å²) in [5.41, 5.74) is 6.53. The van der Waals surface area contributed by atoms with Crippen LogP contribution in [-0.2, 0) is 4.79 Å². The molecule has 0 fully saturated rings. The average molecular weight is 256 g/mol. The monoisotopic (exact) mass is 256 g/mol. The minimum absolute atomic E-state index is 0.106. The first kappa shape index (κ1) is 13.6. The second-order valence-corrected chi connectivity index (χ2v) is 5.00. The van der Waals surface area contributed by atoms with Crippen LogP contribution >= 0.6 is 0 Å². The molecule has 0 saturated carbocycles. The van der Waals surface area contributed by atoms with Gasteiger partial charge in [0.2, 0.25) is 5.91 Å². The largest absolute Gasteiger partial charge is 0.330 e. The van der Waals surface area contributed by atoms with Gasteiger partial charge in [-0.3, -0.25) is 4.79 Å². The topological polar surface area (TPSA) is 46.3 Å². The molecule has 1 atom stereocenters. The van der Waals surface area contributed by atoms with Gasteiger partial charge in [-0.2, -0.15) is 0 Å². The van der Waals surface area contributed by atoms with E-state index in [1.165, 1.54) is 0 Å². The first-order chi connectivity index (χ1) is 9.13. The van der Waals surface area contributed by atoms with Gasteiger partial charge in [0.25, 0.3) is 0 Å². The zero-order chi connectivity index (χ0) is 13.8. The first-order valence-corrected chi connectivity index (χ1v) is 6.58. The van der Waals surface area contributed by atoms with Crippen LogP contribution in [0.3, 0.4) is 0 Å². The Kier molecular flexibility index (Phi) is 4.17. The molecule has 3 heteroatoms. The van der Waals surface area contributed by atoms with Crippen molar-refractivity contribution in [1.82, 2.24) is 0 Å². The maximum absolute atomic E-state index is 12.2. The molecular formula is C16H20N2O. The van der Waals surface area contributed by atoms with Crippen LogP contribution < -0.4 is 10.6 Å². The van der Waals surface area contributed by atoms with Crippen LogP contribution in [-0.4, -0.2) is 19.5 Å². The van der Waals surface area contributed by atoms with Gasteiger partial charge in [0.05, 0.1) is 5.69 Å². The van der Waals surface area contributed by atoms with E-state index < -0.39 is 0 Å². The number of nitrogens with zero attached hydrogens (tertiary/aromatic N) is 1. The van der Waals surface area contributed by atoms with Crippen LogP contribution in [0.4, 0.5) is 5.69 Å². The van der Waals surface area contributed by atoms with Gasteiger partial charge < -0.3 is 10.6 Å². The number of amides is 1. The van der Waals surface area contributed by atoms with E-state index in [1.807, 2.05) is 44.3 Å². The predicted molar refractivity (Wildman–Crippen MR) is 80.2 cm³/mol. The summed E-state index contributed by atoms with van der Waals surface area (Å²) < 4.78 is 0. The fourth-order valence-electron chi connectivity index (χ4n) is 2.15. The van der Waals surface area contributed by atoms with Gasteiger partial charge in [-0.1, -0.05) is 43.3 Å². The van der Waals surface area contributed by atoms with Crippen LogP contribution in [0.5, 0.6) is 0 Å². The molecule has 0 aliphatic rings. The van der Waals surface area contributed by atoms with Gasteiger partial charge >= 0.3 is 0 Å². The number of benzene rings is 2. The van der Waals surface area contributed by atoms with Crippen LogP contribution in [0.15, 0.2) is 42.5 Å². The summed E-state index contributed by atoms with van der Waals surface area (Å²) in [4.78, 5) is 14.0. The second-order valence-electron chi connectivity index (χ2n) is 5.00. The lowest BCUT2D eigenvalue weighted by Gasteiger charge is -2.21. The van der Waals surface area contributed by atoms with Crippen LogP contribution in [0, 0.1) is 5.92 Å². The third-order valence-electron chi connectivity index (χ3n) is 3.43. The maximum atomic E-state index is 12.2. The summed E-state index contributed by atoms with van der Waals surface area (Å²) in [5, 5.41) is 2.24. The van der Waals surface area contributed by atoms with Crippen molar-refractivity contribution < 1.29 is 4.79 Å². The molecule has 0 bridgehead atoms. The summed E-state index contributed by atoms with van der Waals surface area (Å²) in [5.74, 6) is 0.319. The van der Waals surface area contributed by atoms with Crippen LogP contribution in [0.2, 0.25) is 0 Å². The lowest BCUT2D eigenvalue weighted by atomic mass is 10.1. The summed E-state index contributed by atoms with van der Waals surface area (Å²) in [7, 11) is 1.83. The molecule has 1 unspecified atom stereocenters. The molecule has 0 aromatic heterocycles. The number of nitrogens with two attached hydrogens (primary N) is 1. The molecule has 2 aromatic rings. The molecule has 2 aromatic carbocycles. The Balaban J connectivity index is 2.31. The van der Waals surface area contributed by atoms with Crippen molar-refractivity contribution in [2.24, 2.45) is 11.7 Å². The van der Waals surface area contributed by atoms with Gasteiger partial charge in [-0.15, -0.1) is 0 Å². The van der Waals surface area contributed by atoms with Crippen LogP contribution in [0.25, 0.3) is 10.8 Å². The highest BCUT2D eigenvalue weighted by Crippen LogP contribution is 2.26. The molecule has 2 rings (SSSR count). The first-order valence-electron chi connectivity index (χ1n) is 6.58. The summed E-state index contributed by atoms with van der Waals surface area (Å²) >= 11 is 0. The standard InChI is InChI=1S/C16H20N2O/c1-12(11-17)10-16(19)18(2)15-9-5-7-13-6-3-4-8-14(13)15/h3-9,12H,10-11,17H2,1-2H3. The van der Waals surface area contributed by atoms with E-state index in [0.717, 1.165) is 16.5 Å². The van der Waals surface area contributed by atoms with E-state index in [-0.39, 0.29) is 11.8 Å². The van der Waals surface area contributed by atoms with Crippen molar-refractivity contribution in [2.75, 3.05) is 18.5 Å². The van der Waals surface area contributed by atoms with E-state index >= 15 is 0 Å². The molecule has 100 valence electrons. The normalized spacial score (nSPS) is 12.4. The van der Waals surface area contributed by atoms with Gasteiger partial charge in [0, 0.05) is 18.9 Å². The molecule has 1 amide bonds. The van der Waals surface area contributed by atoms with Gasteiger partial charge in [0.15, 0.2) is 0 Å². The zero-order valence-electron chi connectivity index (χ0n) is 11.5. The Labute approximate surface area is 114 Å². The number of fused-ring (bicyclic) bond motifs is 1. The Morgan fingerprint density at radius 2 is 1.89 bits per heavy atom. The van der Waals surface area contributed by atoms with E-state index in [4.69, 9.17) is 5.73 Å². The molecule has 0 aliphatic carbocycles. The third kappa shape index (κ3) is 2.93. The number of hydrogen-bond acceptors (Lipinski definition) is 2. The van der Waals surface area contributed by atoms with E-state index in [2.05, 4.69) is 12.1 Å². The molecule has 0 saturated heterocycles. The number of hydrogen-bond donors (Lipinski definition) is 1. The van der Waals surface area contributed by atoms with E-state index in [9.17, 15) is 4.79 Å². The molecule has 0 aliphatic heterocycles. The number of carbonyl (C=O) groups is 1. The quantitative estimate of drug-likeness (QED) is 0.914. The number of anilines is 1. The van der Waals surface area contributed by atoms with Crippen molar-refractivity contribution in [3.8, 4) is 0 Å². The zero-order valence-corrected chi connectivity index (χ0v) is 11.5. The molecule has 0 heterocycles. The van der Waals surface area contributed by atoms with E-state index in [1.54, 1.807) is 4.90 Å². The Hall–Kier alpha value is -1.87. The highest BCUT2D eigenvalue weighted by atomic mass is 16.2. The summed E-state index contributed by atoms with van der Waals surface area (Å²) in [6.45, 7) is 2.53. The number of carbonyl (C=O) groups excluding carboxylic acids is 1. The molecule has 2 N–H and O–H groups in total. The molecule has 3 nitrogen and oxygen atoms in total. The highest BCUT2D eigenvalue weighted by Gasteiger charge is 2.15. The minimum Gasteiger partial charge on any atom is -0.330 e. The molecule has 0 radical (unpaired) electrons. The summed E-state index contributed by atoms with van der Waals surface area (Å²) in [6, 6.07) is 14.1. The Bertz CT molecular complexity index is 574. The van der Waals surface area contributed by atoms with Crippen molar-refractivity contribution in [2.45, 2.75) is 13.3 Å². The van der Waals surface area contributed by atoms with Crippen molar-refractivity contribution in [3.63, 3.8) is 0 Å². The van der Waals surface area contributed by atoms with Gasteiger partial charge in [-0.25, -0.2) is 0 Å². The smallest absolute Gasteiger partial charge is 0.227 e. The van der Waals surface area contributed by atoms with Gasteiger partial charge in [0.1, 0.15) is 0 Å². The maximum Gasteiger partial charge on any atom is 0.227 e. The van der Waals surface area contributed by atoms with Crippen molar-refractivity contribution in [1.29, 1.82) is 0 Å². The Morgan fingerprint density at radius 1 is 1.21 bits per heavy atom. The average Bonchev–Trinajstić information content (AvgIpc) is 2.45. The lowest BCUT2D eigenvalue weighted by molar-refractivity contribution is -0.119. The fraction of sp³-hybridized carbons (Fsp3) is 0.312. The predicted octanol–water partition coefficient (Wildman–Crippen LogP) is 2.79. The summed E-state index contributed by atoms with van der Waals surface area (Å²) in [6.07, 6.45) is 0.482. The van der Waals surface area contributed by atoms with Crippen molar-refractivity contribution in [3.05, 3.63) is 42.5 Å². The third-order valence-corrected chi connectivity index (χ3v) is 3.43. The minimum atomic E-state index is 0.106. The fourth-order valence-corrected chi connectivity index (χ4v) is 2.15. The molecular weight excluding hydrogens is 236 g/mol. The molecule has 0 spiro atoms. The second kappa shape index (κ2) is 5.85. The van der Waals surface area contributed by atoms with E-state index in [0.29, 0.717) is 13.0 Å². The highest BCUT2D eigenvalue weighted by molar-refractivity contribution is 6.03. The number of rotatable bonds is 4. The Morgan fingerprint density at radius 3 is 2.63 bits per heavy atom.